The summed E-state index contributed by atoms with van der Waals surface area (Å²) in [6, 6.07) is 21.0. The number of nitrogens with zero attached hydrogens (tertiary/aromatic N) is 1. The van der Waals surface area contributed by atoms with Crippen LogP contribution in [0, 0.1) is 0 Å². The highest BCUT2D eigenvalue weighted by Crippen LogP contribution is 2.34. The summed E-state index contributed by atoms with van der Waals surface area (Å²) in [5.41, 5.74) is 0.614. The Morgan fingerprint density at radius 1 is 0.962 bits per heavy atom. The molecule has 0 spiro atoms. The number of hydrogen-bond acceptors (Lipinski definition) is 2. The number of fused-ring (bicyclic) bond motifs is 1. The third-order valence-electron chi connectivity index (χ3n) is 4.90. The molecular weight excluding hydrogens is 392 g/mol. The van der Waals surface area contributed by atoms with Gasteiger partial charge in [-0.3, -0.25) is 9.69 Å². The number of rotatable bonds is 3. The maximum absolute atomic E-state index is 13.2. The first-order valence-electron chi connectivity index (χ1n) is 8.36. The normalized spacial score (nSPS) is 19.8. The van der Waals surface area contributed by atoms with Crippen molar-refractivity contribution in [3.63, 3.8) is 0 Å². The Hall–Kier alpha value is -2.66. The number of benzene rings is 3. The van der Waals surface area contributed by atoms with E-state index in [0.717, 1.165) is 26.4 Å². The van der Waals surface area contributed by atoms with Gasteiger partial charge in [-0.15, -0.1) is 0 Å². The zero-order chi connectivity index (χ0) is 18.3. The van der Waals surface area contributed by atoms with E-state index in [1.54, 1.807) is 6.92 Å². The molecule has 1 aliphatic rings. The average molecular weight is 409 g/mol. The van der Waals surface area contributed by atoms with E-state index in [1.807, 2.05) is 66.7 Å². The standard InChI is InChI=1S/C21H17BrN2O2/c1-21(17-11-4-5-12-18(17)22)19(25)24(20(26)23-21)13-15-9-6-8-14-7-2-3-10-16(14)15/h2-12H,13H2,1H3,(H,23,26)/t21-/m1/s1. The van der Waals surface area contributed by atoms with Gasteiger partial charge in [0, 0.05) is 10.0 Å². The van der Waals surface area contributed by atoms with Gasteiger partial charge in [-0.05, 0) is 29.3 Å². The molecule has 0 radical (unpaired) electrons. The second kappa shape index (κ2) is 6.25. The van der Waals surface area contributed by atoms with Crippen LogP contribution in [0.25, 0.3) is 10.8 Å². The van der Waals surface area contributed by atoms with Gasteiger partial charge in [0.1, 0.15) is 5.54 Å². The molecular formula is C21H17BrN2O2. The van der Waals surface area contributed by atoms with Crippen molar-refractivity contribution >= 4 is 38.6 Å². The Morgan fingerprint density at radius 2 is 1.65 bits per heavy atom. The van der Waals surface area contributed by atoms with Crippen molar-refractivity contribution in [1.29, 1.82) is 0 Å². The maximum Gasteiger partial charge on any atom is 0.325 e. The number of halogens is 1. The molecule has 26 heavy (non-hydrogen) atoms. The van der Waals surface area contributed by atoms with Crippen LogP contribution in [0.2, 0.25) is 0 Å². The minimum absolute atomic E-state index is 0.242. The number of carbonyl (C=O) groups excluding carboxylic acids is 2. The molecule has 3 aromatic carbocycles. The van der Waals surface area contributed by atoms with Gasteiger partial charge >= 0.3 is 6.03 Å². The fraction of sp³-hybridized carbons (Fsp3) is 0.143. The molecule has 1 heterocycles. The van der Waals surface area contributed by atoms with Gasteiger partial charge in [0.05, 0.1) is 6.54 Å². The van der Waals surface area contributed by atoms with E-state index in [-0.39, 0.29) is 18.5 Å². The van der Waals surface area contributed by atoms with Crippen LogP contribution in [0.3, 0.4) is 0 Å². The second-order valence-corrected chi connectivity index (χ2v) is 7.42. The third kappa shape index (κ3) is 2.59. The van der Waals surface area contributed by atoms with Gasteiger partial charge in [-0.1, -0.05) is 76.6 Å². The lowest BCUT2D eigenvalue weighted by Gasteiger charge is -2.23. The van der Waals surface area contributed by atoms with Crippen LogP contribution in [-0.4, -0.2) is 16.8 Å². The summed E-state index contributed by atoms with van der Waals surface area (Å²) in [5, 5.41) is 5.00. The minimum atomic E-state index is -1.08. The highest BCUT2D eigenvalue weighted by atomic mass is 79.9. The number of hydrogen-bond donors (Lipinski definition) is 1. The van der Waals surface area contributed by atoms with Crippen molar-refractivity contribution in [2.75, 3.05) is 0 Å². The molecule has 5 heteroatoms. The Labute approximate surface area is 159 Å². The fourth-order valence-electron chi connectivity index (χ4n) is 3.49. The van der Waals surface area contributed by atoms with Crippen LogP contribution < -0.4 is 5.32 Å². The van der Waals surface area contributed by atoms with E-state index in [1.165, 1.54) is 4.90 Å². The molecule has 0 aromatic heterocycles. The van der Waals surface area contributed by atoms with E-state index in [4.69, 9.17) is 0 Å². The first-order chi connectivity index (χ1) is 12.5. The van der Waals surface area contributed by atoms with Gasteiger partial charge in [0.15, 0.2) is 0 Å². The van der Waals surface area contributed by atoms with Crippen molar-refractivity contribution in [3.05, 3.63) is 82.3 Å². The molecule has 0 bridgehead atoms. The zero-order valence-electron chi connectivity index (χ0n) is 14.2. The van der Waals surface area contributed by atoms with E-state index in [2.05, 4.69) is 21.2 Å². The molecule has 4 nitrogen and oxygen atoms in total. The fourth-order valence-corrected chi connectivity index (χ4v) is 4.17. The largest absolute Gasteiger partial charge is 0.325 e. The van der Waals surface area contributed by atoms with Crippen molar-refractivity contribution in [2.24, 2.45) is 0 Å². The van der Waals surface area contributed by atoms with E-state index in [9.17, 15) is 9.59 Å². The van der Waals surface area contributed by atoms with Gasteiger partial charge in [0.25, 0.3) is 5.91 Å². The van der Waals surface area contributed by atoms with E-state index < -0.39 is 5.54 Å². The summed E-state index contributed by atoms with van der Waals surface area (Å²) in [5.74, 6) is -0.248. The van der Waals surface area contributed by atoms with Crippen LogP contribution in [0.1, 0.15) is 18.1 Å². The molecule has 3 aromatic rings. The Kier molecular flexibility index (Phi) is 4.04. The summed E-state index contributed by atoms with van der Waals surface area (Å²) in [7, 11) is 0. The van der Waals surface area contributed by atoms with Crippen molar-refractivity contribution in [3.8, 4) is 0 Å². The van der Waals surface area contributed by atoms with E-state index in [0.29, 0.717) is 0 Å². The summed E-state index contributed by atoms with van der Waals surface area (Å²) >= 11 is 3.49. The van der Waals surface area contributed by atoms with Gasteiger partial charge in [-0.25, -0.2) is 4.79 Å². The SMILES string of the molecule is C[C@]1(c2ccccc2Br)NC(=O)N(Cc2cccc3ccccc23)C1=O. The van der Waals surface area contributed by atoms with Crippen LogP contribution in [-0.2, 0) is 16.9 Å². The molecule has 1 N–H and O–H groups in total. The lowest BCUT2D eigenvalue weighted by molar-refractivity contribution is -0.131. The van der Waals surface area contributed by atoms with Crippen LogP contribution in [0.15, 0.2) is 71.2 Å². The molecule has 4 rings (SSSR count). The smallest absolute Gasteiger partial charge is 0.319 e. The Bertz CT molecular complexity index is 1030. The predicted octanol–water partition coefficient (Wildman–Crippen LogP) is 4.57. The molecule has 0 unspecified atom stereocenters. The van der Waals surface area contributed by atoms with Crippen molar-refractivity contribution in [2.45, 2.75) is 19.0 Å². The van der Waals surface area contributed by atoms with Gasteiger partial charge in [-0.2, -0.15) is 0 Å². The first-order valence-corrected chi connectivity index (χ1v) is 9.16. The number of imide groups is 1. The summed E-state index contributed by atoms with van der Waals surface area (Å²) < 4.78 is 0.795. The molecule has 1 aliphatic heterocycles. The number of amides is 3. The number of nitrogens with one attached hydrogen (secondary N) is 1. The summed E-state index contributed by atoms with van der Waals surface area (Å²) in [6.07, 6.45) is 0. The number of carbonyl (C=O) groups is 2. The van der Waals surface area contributed by atoms with Crippen LogP contribution in [0.5, 0.6) is 0 Å². The minimum Gasteiger partial charge on any atom is -0.319 e. The Morgan fingerprint density at radius 3 is 2.46 bits per heavy atom. The number of urea groups is 1. The lowest BCUT2D eigenvalue weighted by atomic mass is 9.92. The summed E-state index contributed by atoms with van der Waals surface area (Å²) in [4.78, 5) is 27.0. The second-order valence-electron chi connectivity index (χ2n) is 6.56. The molecule has 1 atom stereocenters. The summed E-state index contributed by atoms with van der Waals surface area (Å²) in [6.45, 7) is 1.99. The molecule has 1 fully saturated rings. The molecule has 3 amide bonds. The molecule has 1 saturated heterocycles. The first kappa shape index (κ1) is 16.8. The topological polar surface area (TPSA) is 49.4 Å². The highest BCUT2D eigenvalue weighted by Gasteiger charge is 2.49. The average Bonchev–Trinajstić information content (AvgIpc) is 2.86. The quantitative estimate of drug-likeness (QED) is 0.645. The molecule has 0 saturated carbocycles. The third-order valence-corrected chi connectivity index (χ3v) is 5.59. The zero-order valence-corrected chi connectivity index (χ0v) is 15.8. The van der Waals surface area contributed by atoms with E-state index >= 15 is 0 Å². The monoisotopic (exact) mass is 408 g/mol. The highest BCUT2D eigenvalue weighted by molar-refractivity contribution is 9.10. The van der Waals surface area contributed by atoms with Gasteiger partial charge in [0.2, 0.25) is 0 Å². The molecule has 0 aliphatic carbocycles. The van der Waals surface area contributed by atoms with Crippen molar-refractivity contribution < 1.29 is 9.59 Å². The van der Waals surface area contributed by atoms with Crippen LogP contribution >= 0.6 is 15.9 Å². The molecule has 130 valence electrons. The lowest BCUT2D eigenvalue weighted by Crippen LogP contribution is -2.41. The van der Waals surface area contributed by atoms with Gasteiger partial charge < -0.3 is 5.32 Å². The maximum atomic E-state index is 13.2. The Balaban J connectivity index is 1.71. The van der Waals surface area contributed by atoms with Crippen molar-refractivity contribution in [1.82, 2.24) is 10.2 Å². The predicted molar refractivity (Wildman–Crippen MR) is 105 cm³/mol. The van der Waals surface area contributed by atoms with Crippen LogP contribution in [0.4, 0.5) is 4.79 Å².